The second-order valence-corrected chi connectivity index (χ2v) is 9.13. The molecular weight excluding hydrogens is 494 g/mol. The van der Waals surface area contributed by atoms with Gasteiger partial charge >= 0.3 is 0 Å². The van der Waals surface area contributed by atoms with Crippen LogP contribution in [0, 0.1) is 6.92 Å². The fourth-order valence-electron chi connectivity index (χ4n) is 4.67. The summed E-state index contributed by atoms with van der Waals surface area (Å²) in [5.41, 5.74) is 4.37. The Morgan fingerprint density at radius 3 is 2.23 bits per heavy atom. The SMILES string of the molecule is COc1ccccc1NC(=O)C1=C(C)Nc2c(C(=O)Nc3ccc(C)cc3)cnn2[C@@H]1c1ccccc1OC. The van der Waals surface area contributed by atoms with Gasteiger partial charge in [-0.2, -0.15) is 5.10 Å². The first kappa shape index (κ1) is 25.6. The minimum absolute atomic E-state index is 0.318. The topological polar surface area (TPSA) is 107 Å². The molecule has 198 valence electrons. The van der Waals surface area contributed by atoms with Crippen LogP contribution < -0.4 is 25.4 Å². The number of aromatic nitrogens is 2. The molecule has 0 spiro atoms. The third-order valence-electron chi connectivity index (χ3n) is 6.61. The van der Waals surface area contributed by atoms with Crippen molar-refractivity contribution >= 4 is 29.0 Å². The van der Waals surface area contributed by atoms with E-state index in [1.807, 2.05) is 67.6 Å². The summed E-state index contributed by atoms with van der Waals surface area (Å²) >= 11 is 0. The molecule has 1 aliphatic heterocycles. The summed E-state index contributed by atoms with van der Waals surface area (Å²) in [6.07, 6.45) is 1.50. The molecule has 0 fully saturated rings. The summed E-state index contributed by atoms with van der Waals surface area (Å²) in [4.78, 5) is 27.1. The first-order valence-electron chi connectivity index (χ1n) is 12.4. The summed E-state index contributed by atoms with van der Waals surface area (Å²) in [5, 5.41) is 13.7. The van der Waals surface area contributed by atoms with Gasteiger partial charge in [-0.3, -0.25) is 9.59 Å². The number of methoxy groups -OCH3 is 2. The number of carbonyl (C=O) groups excluding carboxylic acids is 2. The van der Waals surface area contributed by atoms with Gasteiger partial charge < -0.3 is 25.4 Å². The Hall–Kier alpha value is -5.05. The van der Waals surface area contributed by atoms with Crippen molar-refractivity contribution in [1.29, 1.82) is 0 Å². The molecular formula is C30H29N5O4. The smallest absolute Gasteiger partial charge is 0.261 e. The minimum Gasteiger partial charge on any atom is -0.496 e. The Bertz CT molecular complexity index is 1570. The Balaban J connectivity index is 1.57. The standard InChI is InChI=1S/C30H29N5O4/c1-18-13-15-20(16-14-18)33-29(36)22-17-31-35-27(21-9-5-7-11-24(21)38-3)26(19(2)32-28(22)35)30(37)34-23-10-6-8-12-25(23)39-4/h5-17,27,32H,1-4H3,(H,33,36)(H,34,37)/t27-/m1/s1. The van der Waals surface area contributed by atoms with Crippen LogP contribution in [0.15, 0.2) is 90.3 Å². The first-order valence-corrected chi connectivity index (χ1v) is 12.4. The number of benzene rings is 3. The van der Waals surface area contributed by atoms with E-state index in [1.165, 1.54) is 6.20 Å². The highest BCUT2D eigenvalue weighted by molar-refractivity contribution is 6.10. The van der Waals surface area contributed by atoms with Crippen LogP contribution >= 0.6 is 0 Å². The number of amides is 2. The molecule has 1 aromatic heterocycles. The van der Waals surface area contributed by atoms with Gasteiger partial charge in [-0.25, -0.2) is 4.68 Å². The first-order chi connectivity index (χ1) is 18.9. The number of nitrogens with one attached hydrogen (secondary N) is 3. The van der Waals surface area contributed by atoms with E-state index in [2.05, 4.69) is 21.0 Å². The zero-order chi connectivity index (χ0) is 27.5. The largest absolute Gasteiger partial charge is 0.496 e. The molecule has 0 radical (unpaired) electrons. The molecule has 2 heterocycles. The van der Waals surface area contributed by atoms with Gasteiger partial charge in [0.1, 0.15) is 28.9 Å². The van der Waals surface area contributed by atoms with E-state index in [0.29, 0.717) is 45.5 Å². The Kier molecular flexibility index (Phi) is 7.05. The van der Waals surface area contributed by atoms with Gasteiger partial charge in [-0.05, 0) is 44.2 Å². The van der Waals surface area contributed by atoms with Crippen LogP contribution in [0.4, 0.5) is 17.2 Å². The van der Waals surface area contributed by atoms with Gasteiger partial charge in [-0.1, -0.05) is 48.0 Å². The number of anilines is 3. The van der Waals surface area contributed by atoms with Crippen LogP contribution in [0.3, 0.4) is 0 Å². The molecule has 1 atom stereocenters. The van der Waals surface area contributed by atoms with Gasteiger partial charge in [0.25, 0.3) is 11.8 Å². The molecule has 0 unspecified atom stereocenters. The summed E-state index contributed by atoms with van der Waals surface area (Å²) in [5.74, 6) is 0.943. The molecule has 0 saturated carbocycles. The van der Waals surface area contributed by atoms with Crippen LogP contribution in [-0.2, 0) is 4.79 Å². The lowest BCUT2D eigenvalue weighted by atomic mass is 9.93. The van der Waals surface area contributed by atoms with Crippen molar-refractivity contribution in [3.8, 4) is 11.5 Å². The van der Waals surface area contributed by atoms with Gasteiger partial charge in [0, 0.05) is 16.9 Å². The van der Waals surface area contributed by atoms with Gasteiger partial charge in [0.15, 0.2) is 0 Å². The molecule has 3 aromatic carbocycles. The number of carbonyl (C=O) groups is 2. The van der Waals surface area contributed by atoms with Crippen molar-refractivity contribution in [1.82, 2.24) is 9.78 Å². The third-order valence-corrected chi connectivity index (χ3v) is 6.61. The van der Waals surface area contributed by atoms with Crippen LogP contribution in [0.25, 0.3) is 0 Å². The number of hydrogen-bond donors (Lipinski definition) is 3. The molecule has 2 amide bonds. The molecule has 39 heavy (non-hydrogen) atoms. The lowest BCUT2D eigenvalue weighted by Gasteiger charge is -2.31. The van der Waals surface area contributed by atoms with E-state index < -0.39 is 6.04 Å². The number of para-hydroxylation sites is 3. The average Bonchev–Trinajstić information content (AvgIpc) is 3.37. The van der Waals surface area contributed by atoms with Crippen molar-refractivity contribution in [2.24, 2.45) is 0 Å². The fourth-order valence-corrected chi connectivity index (χ4v) is 4.67. The van der Waals surface area contributed by atoms with Crippen LogP contribution in [0.5, 0.6) is 11.5 Å². The lowest BCUT2D eigenvalue weighted by molar-refractivity contribution is -0.113. The van der Waals surface area contributed by atoms with Crippen molar-refractivity contribution in [2.45, 2.75) is 19.9 Å². The second kappa shape index (κ2) is 10.7. The van der Waals surface area contributed by atoms with Crippen LogP contribution in [-0.4, -0.2) is 35.8 Å². The molecule has 9 heteroatoms. The lowest BCUT2D eigenvalue weighted by Crippen LogP contribution is -2.32. The van der Waals surface area contributed by atoms with Gasteiger partial charge in [0.2, 0.25) is 0 Å². The molecule has 4 aromatic rings. The zero-order valence-electron chi connectivity index (χ0n) is 22.1. The monoisotopic (exact) mass is 523 g/mol. The maximum absolute atomic E-state index is 13.8. The van der Waals surface area contributed by atoms with E-state index in [1.54, 1.807) is 38.0 Å². The molecule has 1 aliphatic rings. The van der Waals surface area contributed by atoms with Crippen molar-refractivity contribution in [3.63, 3.8) is 0 Å². The van der Waals surface area contributed by atoms with Crippen molar-refractivity contribution in [2.75, 3.05) is 30.2 Å². The summed E-state index contributed by atoms with van der Waals surface area (Å²) in [6.45, 7) is 3.79. The van der Waals surface area contributed by atoms with Crippen molar-refractivity contribution < 1.29 is 19.1 Å². The number of fused-ring (bicyclic) bond motifs is 1. The van der Waals surface area contributed by atoms with Gasteiger partial charge in [0.05, 0.1) is 31.7 Å². The summed E-state index contributed by atoms with van der Waals surface area (Å²) < 4.78 is 12.7. The number of rotatable bonds is 7. The van der Waals surface area contributed by atoms with Gasteiger partial charge in [-0.15, -0.1) is 0 Å². The molecule has 5 rings (SSSR count). The Morgan fingerprint density at radius 1 is 0.846 bits per heavy atom. The van der Waals surface area contributed by atoms with Crippen molar-refractivity contribution in [3.05, 3.63) is 107 Å². The van der Waals surface area contributed by atoms with E-state index in [0.717, 1.165) is 11.1 Å². The highest BCUT2D eigenvalue weighted by Crippen LogP contribution is 2.41. The number of nitrogens with zero attached hydrogens (tertiary/aromatic N) is 2. The van der Waals surface area contributed by atoms with Crippen LogP contribution in [0.2, 0.25) is 0 Å². The molecule has 0 aliphatic carbocycles. The second-order valence-electron chi connectivity index (χ2n) is 9.13. The van der Waals surface area contributed by atoms with E-state index in [-0.39, 0.29) is 11.8 Å². The fraction of sp³-hybridized carbons (Fsp3) is 0.167. The molecule has 3 N–H and O–H groups in total. The predicted molar refractivity (Wildman–Crippen MR) is 150 cm³/mol. The zero-order valence-corrected chi connectivity index (χ0v) is 22.1. The number of allylic oxidation sites excluding steroid dienone is 1. The summed E-state index contributed by atoms with van der Waals surface area (Å²) in [6, 6.07) is 21.5. The Morgan fingerprint density at radius 2 is 1.51 bits per heavy atom. The molecule has 9 nitrogen and oxygen atoms in total. The highest BCUT2D eigenvalue weighted by Gasteiger charge is 2.37. The number of hydrogen-bond acceptors (Lipinski definition) is 6. The molecule has 0 bridgehead atoms. The normalized spacial score (nSPS) is 14.2. The average molecular weight is 524 g/mol. The van der Waals surface area contributed by atoms with E-state index in [9.17, 15) is 9.59 Å². The predicted octanol–water partition coefficient (Wildman–Crippen LogP) is 5.39. The Labute approximate surface area is 226 Å². The van der Waals surface area contributed by atoms with E-state index >= 15 is 0 Å². The quantitative estimate of drug-likeness (QED) is 0.300. The number of aryl methyl sites for hydroxylation is 1. The van der Waals surface area contributed by atoms with Crippen LogP contribution in [0.1, 0.15) is 34.5 Å². The molecule has 0 saturated heterocycles. The summed E-state index contributed by atoms with van der Waals surface area (Å²) in [7, 11) is 3.13. The minimum atomic E-state index is -0.673. The third kappa shape index (κ3) is 4.94. The highest BCUT2D eigenvalue weighted by atomic mass is 16.5. The number of ether oxygens (including phenoxy) is 2. The maximum Gasteiger partial charge on any atom is 0.261 e. The van der Waals surface area contributed by atoms with E-state index in [4.69, 9.17) is 9.47 Å². The maximum atomic E-state index is 13.8.